The number of piperidine rings is 1. The van der Waals surface area contributed by atoms with Crippen LogP contribution < -0.4 is 10.1 Å². The Morgan fingerprint density at radius 2 is 1.51 bits per heavy atom. The van der Waals surface area contributed by atoms with Gasteiger partial charge in [-0.25, -0.2) is 4.79 Å². The van der Waals surface area contributed by atoms with Gasteiger partial charge in [0.1, 0.15) is 22.7 Å². The van der Waals surface area contributed by atoms with Crippen molar-refractivity contribution in [3.05, 3.63) is 129 Å². The molecule has 0 bridgehead atoms. The average Bonchev–Trinajstić information content (AvgIpc) is 3.39. The number of pyridine rings is 1. The molecule has 6 rings (SSSR count). The number of aromatic nitrogens is 1. The summed E-state index contributed by atoms with van der Waals surface area (Å²) in [5.41, 5.74) is 3.28. The molecule has 2 aliphatic heterocycles. The van der Waals surface area contributed by atoms with Crippen molar-refractivity contribution in [1.29, 1.82) is 0 Å². The number of rotatable bonds is 9. The molecule has 290 valence electrons. The van der Waals surface area contributed by atoms with E-state index in [1.807, 2.05) is 78.2 Å². The van der Waals surface area contributed by atoms with Gasteiger partial charge in [0.2, 0.25) is 5.91 Å². The van der Waals surface area contributed by atoms with Gasteiger partial charge in [0.05, 0.1) is 18.2 Å². The Morgan fingerprint density at radius 3 is 2.07 bits per heavy atom. The summed E-state index contributed by atoms with van der Waals surface area (Å²) in [6, 6.07) is 25.3. The number of hydrogen-bond donors (Lipinski definition) is 1. The van der Waals surface area contributed by atoms with Gasteiger partial charge in [0.25, 0.3) is 0 Å². The van der Waals surface area contributed by atoms with Gasteiger partial charge in [-0.3, -0.25) is 19.7 Å². The molecule has 55 heavy (non-hydrogen) atoms. The maximum Gasteiger partial charge on any atom is 0.326 e. The first-order chi connectivity index (χ1) is 26.0. The lowest BCUT2D eigenvalue weighted by Gasteiger charge is -2.47. The van der Waals surface area contributed by atoms with Crippen molar-refractivity contribution in [2.24, 2.45) is 10.9 Å². The number of halogens is 2. The molecule has 1 aromatic heterocycles. The van der Waals surface area contributed by atoms with Crippen molar-refractivity contribution in [1.82, 2.24) is 20.1 Å². The average molecular weight is 783 g/mol. The second kappa shape index (κ2) is 16.0. The molecule has 0 unspecified atom stereocenters. The van der Waals surface area contributed by atoms with Crippen molar-refractivity contribution in [2.75, 3.05) is 19.7 Å². The molecule has 0 spiro atoms. The zero-order valence-corrected chi connectivity index (χ0v) is 34.8. The molecule has 10 heteroatoms. The standard InChI is InChI=1S/C45H53Cl2N5O3/c1-9-55-38-27-39(43(4,5)6)48-28-37(38)41-50-44(7,33-14-18-35(46)19-15-33)45(8,34-16-20-36(47)21-17-34)52(41)42(54)51-24-22-31(23-25-51)26-40(53)49-30(3)32-12-10-29(2)11-13-32/h10-21,27-28,30-31H,9,22-26H2,1-8H3,(H,49,53)/t30-,44+,45-/m1/s1. The molecule has 3 aromatic carbocycles. The zero-order chi connectivity index (χ0) is 39.7. The highest BCUT2D eigenvalue weighted by Crippen LogP contribution is 2.54. The van der Waals surface area contributed by atoms with E-state index in [4.69, 9.17) is 37.9 Å². The van der Waals surface area contributed by atoms with E-state index in [2.05, 4.69) is 71.1 Å². The number of carbonyl (C=O) groups is 2. The molecule has 4 aromatic rings. The minimum atomic E-state index is -1.03. The lowest BCUT2D eigenvalue weighted by atomic mass is 9.71. The number of nitrogens with one attached hydrogen (secondary N) is 1. The minimum Gasteiger partial charge on any atom is -0.493 e. The van der Waals surface area contributed by atoms with Gasteiger partial charge in [-0.1, -0.05) is 98.1 Å². The van der Waals surface area contributed by atoms with E-state index in [1.165, 1.54) is 5.56 Å². The smallest absolute Gasteiger partial charge is 0.326 e. The summed E-state index contributed by atoms with van der Waals surface area (Å²) in [6.07, 6.45) is 3.62. The molecule has 2 aliphatic rings. The third kappa shape index (κ3) is 8.13. The molecule has 3 atom stereocenters. The summed E-state index contributed by atoms with van der Waals surface area (Å²) in [4.78, 5) is 42.7. The van der Waals surface area contributed by atoms with E-state index >= 15 is 4.79 Å². The van der Waals surface area contributed by atoms with Gasteiger partial charge in [0, 0.05) is 52.9 Å². The predicted molar refractivity (Wildman–Crippen MR) is 222 cm³/mol. The van der Waals surface area contributed by atoms with Crippen LogP contribution in [0.3, 0.4) is 0 Å². The molecule has 1 fully saturated rings. The minimum absolute atomic E-state index is 0.0236. The van der Waals surface area contributed by atoms with Crippen LogP contribution in [0, 0.1) is 12.8 Å². The van der Waals surface area contributed by atoms with E-state index in [-0.39, 0.29) is 29.3 Å². The summed E-state index contributed by atoms with van der Waals surface area (Å²) < 4.78 is 6.30. The number of carbonyl (C=O) groups excluding carboxylic acids is 2. The maximum atomic E-state index is 15.3. The Hall–Kier alpha value is -4.40. The topological polar surface area (TPSA) is 87.1 Å². The molecule has 3 heterocycles. The van der Waals surface area contributed by atoms with Crippen LogP contribution in [0.5, 0.6) is 5.75 Å². The molecular weight excluding hydrogens is 729 g/mol. The van der Waals surface area contributed by atoms with Gasteiger partial charge < -0.3 is 15.0 Å². The van der Waals surface area contributed by atoms with E-state index in [9.17, 15) is 4.79 Å². The Labute approximate surface area is 336 Å². The lowest BCUT2D eigenvalue weighted by molar-refractivity contribution is -0.122. The van der Waals surface area contributed by atoms with E-state index < -0.39 is 11.1 Å². The highest BCUT2D eigenvalue weighted by Gasteiger charge is 2.60. The quantitative estimate of drug-likeness (QED) is 0.183. The highest BCUT2D eigenvalue weighted by molar-refractivity contribution is 6.30. The highest BCUT2D eigenvalue weighted by atomic mass is 35.5. The fourth-order valence-electron chi connectivity index (χ4n) is 7.83. The number of aliphatic imine (C=N–C) groups is 1. The molecule has 0 saturated carbocycles. The number of benzene rings is 3. The lowest BCUT2D eigenvalue weighted by Crippen LogP contribution is -2.59. The van der Waals surface area contributed by atoms with E-state index in [0.717, 1.165) is 22.4 Å². The number of likely N-dealkylation sites (tertiary alicyclic amines) is 1. The van der Waals surface area contributed by atoms with Gasteiger partial charge in [-0.05, 0) is 94.3 Å². The monoisotopic (exact) mass is 781 g/mol. The van der Waals surface area contributed by atoms with Crippen LogP contribution in [0.2, 0.25) is 10.0 Å². The summed E-state index contributed by atoms with van der Waals surface area (Å²) in [7, 11) is 0. The Kier molecular flexibility index (Phi) is 11.7. The molecule has 0 aliphatic carbocycles. The summed E-state index contributed by atoms with van der Waals surface area (Å²) in [5, 5.41) is 4.38. The van der Waals surface area contributed by atoms with E-state index in [1.54, 1.807) is 6.20 Å². The number of aryl methyl sites for hydroxylation is 1. The fourth-order valence-corrected chi connectivity index (χ4v) is 8.08. The number of amides is 3. The van der Waals surface area contributed by atoms with Gasteiger partial charge >= 0.3 is 6.03 Å². The van der Waals surface area contributed by atoms with Crippen LogP contribution in [0.1, 0.15) is 107 Å². The van der Waals surface area contributed by atoms with Crippen molar-refractivity contribution in [3.8, 4) is 5.75 Å². The Bertz CT molecular complexity index is 2040. The summed E-state index contributed by atoms with van der Waals surface area (Å²) in [6.45, 7) is 17.9. The second-order valence-electron chi connectivity index (χ2n) is 16.3. The van der Waals surface area contributed by atoms with E-state index in [0.29, 0.717) is 66.2 Å². The van der Waals surface area contributed by atoms with Crippen molar-refractivity contribution in [3.63, 3.8) is 0 Å². The second-order valence-corrected chi connectivity index (χ2v) is 17.2. The van der Waals surface area contributed by atoms with Gasteiger partial charge in [-0.2, -0.15) is 0 Å². The number of nitrogens with zero attached hydrogens (tertiary/aromatic N) is 4. The largest absolute Gasteiger partial charge is 0.493 e. The van der Waals surface area contributed by atoms with Crippen molar-refractivity contribution < 1.29 is 14.3 Å². The predicted octanol–water partition coefficient (Wildman–Crippen LogP) is 10.4. The zero-order valence-electron chi connectivity index (χ0n) is 33.2. The molecule has 1 saturated heterocycles. The van der Waals surface area contributed by atoms with Crippen molar-refractivity contribution >= 4 is 41.0 Å². The molecule has 0 radical (unpaired) electrons. The van der Waals surface area contributed by atoms with Gasteiger partial charge in [0.15, 0.2) is 0 Å². The SMILES string of the molecule is CCOc1cc(C(C)(C)C)ncc1C1=N[C@@](C)(c2ccc(Cl)cc2)[C@@](C)(c2ccc(Cl)cc2)N1C(=O)N1CCC(CC(=O)N[C@H](C)c2ccc(C)cc2)CC1. The first kappa shape index (κ1) is 40.3. The third-order valence-corrected chi connectivity index (χ3v) is 11.9. The third-order valence-electron chi connectivity index (χ3n) is 11.4. The molecule has 8 nitrogen and oxygen atoms in total. The van der Waals surface area contributed by atoms with Crippen LogP contribution in [-0.4, -0.2) is 52.3 Å². The number of amidine groups is 1. The fraction of sp³-hybridized carbons (Fsp3) is 0.422. The Morgan fingerprint density at radius 1 is 0.927 bits per heavy atom. The first-order valence-corrected chi connectivity index (χ1v) is 20.0. The molecular formula is C45H53Cl2N5O3. The van der Waals surface area contributed by atoms with Gasteiger partial charge in [-0.15, -0.1) is 0 Å². The number of hydrogen-bond acceptors (Lipinski definition) is 5. The van der Waals surface area contributed by atoms with Crippen molar-refractivity contribution in [2.45, 2.75) is 97.2 Å². The maximum absolute atomic E-state index is 15.3. The Balaban J connectivity index is 1.36. The number of urea groups is 1. The number of ether oxygens (including phenoxy) is 1. The van der Waals surface area contributed by atoms with Crippen LogP contribution in [0.15, 0.2) is 90.1 Å². The summed E-state index contributed by atoms with van der Waals surface area (Å²) in [5.74, 6) is 1.27. The normalized spacial score (nSPS) is 20.9. The summed E-state index contributed by atoms with van der Waals surface area (Å²) >= 11 is 12.9. The van der Waals surface area contributed by atoms with Crippen LogP contribution in [0.4, 0.5) is 4.79 Å². The molecule has 1 N–H and O–H groups in total. The first-order valence-electron chi connectivity index (χ1n) is 19.3. The van der Waals surface area contributed by atoms with Crippen LogP contribution in [-0.2, 0) is 21.3 Å². The van der Waals surface area contributed by atoms with Crippen LogP contribution in [0.25, 0.3) is 0 Å². The molecule has 3 amide bonds. The van der Waals surface area contributed by atoms with Crippen LogP contribution >= 0.6 is 23.2 Å².